The molecule has 1 N–H and O–H groups in total. The summed E-state index contributed by atoms with van der Waals surface area (Å²) >= 11 is 0. The highest BCUT2D eigenvalue weighted by Gasteiger charge is 2.57. The average molecular weight is 338 g/mol. The van der Waals surface area contributed by atoms with E-state index in [4.69, 9.17) is 0 Å². The van der Waals surface area contributed by atoms with E-state index in [-0.39, 0.29) is 6.10 Å². The highest BCUT2D eigenvalue weighted by atomic mass is 16.3. The third-order valence-corrected chi connectivity index (χ3v) is 8.58. The van der Waals surface area contributed by atoms with Crippen molar-refractivity contribution in [1.82, 2.24) is 0 Å². The van der Waals surface area contributed by atoms with Crippen molar-refractivity contribution < 1.29 is 5.11 Å². The summed E-state index contributed by atoms with van der Waals surface area (Å²) in [6, 6.07) is 0. The minimum Gasteiger partial charge on any atom is -0.393 e. The molecule has 2 fully saturated rings. The number of aliphatic hydroxyl groups excluding tert-OH is 1. The maximum absolute atomic E-state index is 10.1. The van der Waals surface area contributed by atoms with E-state index in [1.807, 2.05) is 0 Å². The maximum atomic E-state index is 10.1. The van der Waals surface area contributed by atoms with Crippen LogP contribution in [0.2, 0.25) is 0 Å². The molecule has 0 bridgehead atoms. The molecule has 0 saturated heterocycles. The normalized spacial score (nSPS) is 48.2. The molecule has 1 aliphatic heterocycles. The molecule has 0 spiro atoms. The molecule has 0 aromatic carbocycles. The van der Waals surface area contributed by atoms with Gasteiger partial charge < -0.3 is 5.11 Å². The molecule has 2 saturated carbocycles. The molecule has 4 aliphatic carbocycles. The van der Waals surface area contributed by atoms with E-state index in [0.717, 1.165) is 37.0 Å². The molecular weight excluding hydrogens is 306 g/mol. The molecule has 0 amide bonds. The van der Waals surface area contributed by atoms with Gasteiger partial charge in [0.05, 0.1) is 11.8 Å². The topological polar surface area (TPSA) is 32.6 Å². The van der Waals surface area contributed by atoms with E-state index in [0.29, 0.717) is 10.8 Å². The van der Waals surface area contributed by atoms with Gasteiger partial charge in [-0.3, -0.25) is 4.99 Å². The zero-order chi connectivity index (χ0) is 17.2. The number of hydrogen-bond donors (Lipinski definition) is 1. The Hall–Kier alpha value is -1.15. The van der Waals surface area contributed by atoms with E-state index in [1.165, 1.54) is 37.8 Å². The van der Waals surface area contributed by atoms with Crippen molar-refractivity contribution in [2.75, 3.05) is 0 Å². The molecule has 5 aliphatic rings. The van der Waals surface area contributed by atoms with E-state index in [9.17, 15) is 5.11 Å². The third-order valence-electron chi connectivity index (χ3n) is 8.58. The standard InChI is InChI=1S/C23H31NO/c1-22-11-9-16(25)14-15(22)5-6-17-18-7-8-20(21-4-3-13-24-21)23(18,2)12-10-19(17)22/h4-5,8,13,16-19,25H,3,6-7,9-12,14H2,1-2H3/t16-,17?,18?,19?,22-,23-/m0/s1. The van der Waals surface area contributed by atoms with Gasteiger partial charge in [0.15, 0.2) is 0 Å². The lowest BCUT2D eigenvalue weighted by molar-refractivity contribution is -0.0288. The zero-order valence-electron chi connectivity index (χ0n) is 15.7. The van der Waals surface area contributed by atoms with Gasteiger partial charge >= 0.3 is 0 Å². The first-order chi connectivity index (χ1) is 12.0. The second-order valence-electron chi connectivity index (χ2n) is 9.60. The van der Waals surface area contributed by atoms with Crippen LogP contribution in [0.3, 0.4) is 0 Å². The number of fused-ring (bicyclic) bond motifs is 5. The lowest BCUT2D eigenvalue weighted by Gasteiger charge is -2.57. The first-order valence-corrected chi connectivity index (χ1v) is 10.3. The first-order valence-electron chi connectivity index (χ1n) is 10.3. The van der Waals surface area contributed by atoms with Gasteiger partial charge in [0.1, 0.15) is 0 Å². The molecule has 5 rings (SSSR count). The Morgan fingerprint density at radius 2 is 1.84 bits per heavy atom. The molecule has 6 atom stereocenters. The number of nitrogens with zero attached hydrogens (tertiary/aromatic N) is 1. The van der Waals surface area contributed by atoms with Crippen LogP contribution in [0.15, 0.2) is 40.1 Å². The Balaban J connectivity index is 1.47. The summed E-state index contributed by atoms with van der Waals surface area (Å²) in [5, 5.41) is 10.1. The molecule has 0 radical (unpaired) electrons. The predicted molar refractivity (Wildman–Crippen MR) is 102 cm³/mol. The van der Waals surface area contributed by atoms with Crippen LogP contribution < -0.4 is 0 Å². The smallest absolute Gasteiger partial charge is 0.0624 e. The van der Waals surface area contributed by atoms with Crippen molar-refractivity contribution in [3.05, 3.63) is 35.1 Å². The second-order valence-corrected chi connectivity index (χ2v) is 9.60. The average Bonchev–Trinajstić information content (AvgIpc) is 3.22. The summed E-state index contributed by atoms with van der Waals surface area (Å²) < 4.78 is 0. The fourth-order valence-electron chi connectivity index (χ4n) is 7.15. The summed E-state index contributed by atoms with van der Waals surface area (Å²) in [6.45, 7) is 5.03. The van der Waals surface area contributed by atoms with Crippen LogP contribution in [-0.2, 0) is 0 Å². The van der Waals surface area contributed by atoms with Crippen LogP contribution in [0.5, 0.6) is 0 Å². The molecule has 0 aromatic rings. The minimum absolute atomic E-state index is 0.100. The zero-order valence-corrected chi connectivity index (χ0v) is 15.7. The van der Waals surface area contributed by atoms with Gasteiger partial charge in [-0.2, -0.15) is 0 Å². The monoisotopic (exact) mass is 337 g/mol. The summed E-state index contributed by atoms with van der Waals surface area (Å²) in [7, 11) is 0. The van der Waals surface area contributed by atoms with E-state index in [1.54, 1.807) is 11.1 Å². The Morgan fingerprint density at radius 1 is 1.00 bits per heavy atom. The number of rotatable bonds is 1. The molecule has 3 unspecified atom stereocenters. The molecule has 2 nitrogen and oxygen atoms in total. The van der Waals surface area contributed by atoms with Crippen molar-refractivity contribution in [3.8, 4) is 0 Å². The Bertz CT molecular complexity index is 714. The third kappa shape index (κ3) is 2.16. The van der Waals surface area contributed by atoms with Gasteiger partial charge in [-0.25, -0.2) is 0 Å². The van der Waals surface area contributed by atoms with E-state index in [2.05, 4.69) is 43.3 Å². The quantitative estimate of drug-likeness (QED) is 0.655. The fourth-order valence-corrected chi connectivity index (χ4v) is 7.15. The fraction of sp³-hybridized carbons (Fsp3) is 0.696. The maximum Gasteiger partial charge on any atom is 0.0624 e. The van der Waals surface area contributed by atoms with Crippen LogP contribution in [0.1, 0.15) is 65.2 Å². The van der Waals surface area contributed by atoms with Gasteiger partial charge in [-0.05, 0) is 79.1 Å². The van der Waals surface area contributed by atoms with Gasteiger partial charge in [-0.15, -0.1) is 0 Å². The highest BCUT2D eigenvalue weighted by Crippen LogP contribution is 2.65. The van der Waals surface area contributed by atoms with Crippen molar-refractivity contribution in [2.24, 2.45) is 33.6 Å². The lowest BCUT2D eigenvalue weighted by Crippen LogP contribution is -2.50. The summed E-state index contributed by atoms with van der Waals surface area (Å²) in [5.41, 5.74) is 5.05. The molecule has 2 heteroatoms. The van der Waals surface area contributed by atoms with Crippen LogP contribution in [0.25, 0.3) is 0 Å². The molecule has 1 heterocycles. The van der Waals surface area contributed by atoms with Crippen LogP contribution >= 0.6 is 0 Å². The van der Waals surface area contributed by atoms with Crippen LogP contribution in [-0.4, -0.2) is 17.4 Å². The minimum atomic E-state index is -0.100. The Labute approximate surface area is 151 Å². The summed E-state index contributed by atoms with van der Waals surface area (Å²) in [4.78, 5) is 4.67. The number of aliphatic hydroxyl groups is 1. The number of hydrogen-bond acceptors (Lipinski definition) is 2. The van der Waals surface area contributed by atoms with E-state index >= 15 is 0 Å². The molecule has 25 heavy (non-hydrogen) atoms. The molecule has 134 valence electrons. The Morgan fingerprint density at radius 3 is 2.64 bits per heavy atom. The Kier molecular flexibility index (Phi) is 3.48. The number of allylic oxidation sites excluding steroid dienone is 4. The second kappa shape index (κ2) is 5.42. The number of aliphatic imine (C=N–C) groups is 1. The summed E-state index contributed by atoms with van der Waals surface area (Å²) in [6.07, 6.45) is 18.5. The molecule has 0 aromatic heterocycles. The van der Waals surface area contributed by atoms with Gasteiger partial charge in [-0.1, -0.05) is 37.6 Å². The van der Waals surface area contributed by atoms with Gasteiger partial charge in [0.25, 0.3) is 0 Å². The van der Waals surface area contributed by atoms with Crippen molar-refractivity contribution in [2.45, 2.75) is 71.3 Å². The largest absolute Gasteiger partial charge is 0.393 e. The summed E-state index contributed by atoms with van der Waals surface area (Å²) in [5.74, 6) is 2.40. The first kappa shape index (κ1) is 16.1. The van der Waals surface area contributed by atoms with Crippen molar-refractivity contribution in [1.29, 1.82) is 0 Å². The van der Waals surface area contributed by atoms with Gasteiger partial charge in [0.2, 0.25) is 0 Å². The highest BCUT2D eigenvalue weighted by molar-refractivity contribution is 5.67. The lowest BCUT2D eigenvalue weighted by atomic mass is 9.47. The van der Waals surface area contributed by atoms with Crippen LogP contribution in [0, 0.1) is 28.6 Å². The van der Waals surface area contributed by atoms with Crippen LogP contribution in [0.4, 0.5) is 0 Å². The molecular formula is C23H31NO. The predicted octanol–water partition coefficient (Wildman–Crippen LogP) is 5.20. The van der Waals surface area contributed by atoms with Gasteiger partial charge in [0, 0.05) is 12.6 Å². The van der Waals surface area contributed by atoms with Crippen molar-refractivity contribution in [3.63, 3.8) is 0 Å². The van der Waals surface area contributed by atoms with E-state index < -0.39 is 0 Å². The SMILES string of the molecule is C[C@]12CC[C@H](O)CC1=CCC1C2CC[C@]2(C)C(C3=CCC=N3)=CCC12. The van der Waals surface area contributed by atoms with Crippen molar-refractivity contribution >= 4 is 6.21 Å².